The second kappa shape index (κ2) is 7.67. The average molecular weight is 208 g/mol. The predicted molar refractivity (Wildman–Crippen MR) is 64.9 cm³/mol. The second-order valence-corrected chi connectivity index (χ2v) is 4.69. The molecule has 1 atom stereocenters. The van der Waals surface area contributed by atoms with E-state index < -0.39 is 0 Å². The maximum absolute atomic E-state index is 10.4. The Morgan fingerprint density at radius 3 is 3.00 bits per heavy atom. The van der Waals surface area contributed by atoms with Gasteiger partial charge in [-0.05, 0) is 38.0 Å². The molecule has 0 N–H and O–H groups in total. The molecule has 0 fully saturated rings. The Kier molecular flexibility index (Phi) is 6.38. The molecule has 0 heterocycles. The third-order valence-corrected chi connectivity index (χ3v) is 3.29. The van der Waals surface area contributed by atoms with E-state index in [1.54, 1.807) is 5.57 Å². The molecule has 1 nitrogen and oxygen atoms in total. The lowest BCUT2D eigenvalue weighted by molar-refractivity contribution is -0.108. The zero-order valence-electron chi connectivity index (χ0n) is 10.0. The number of aldehydes is 1. The monoisotopic (exact) mass is 208 g/mol. The molecule has 1 unspecified atom stereocenters. The Hall–Kier alpha value is -0.590. The van der Waals surface area contributed by atoms with E-state index in [4.69, 9.17) is 0 Å². The summed E-state index contributed by atoms with van der Waals surface area (Å²) in [6, 6.07) is 0. The molecular formula is C14H24O. The maximum Gasteiger partial charge on any atom is 0.120 e. The first-order chi connectivity index (χ1) is 7.36. The summed E-state index contributed by atoms with van der Waals surface area (Å²) in [4.78, 5) is 10.4. The van der Waals surface area contributed by atoms with Gasteiger partial charge < -0.3 is 4.79 Å². The van der Waals surface area contributed by atoms with Gasteiger partial charge in [0.2, 0.25) is 0 Å². The highest BCUT2D eigenvalue weighted by Gasteiger charge is 2.12. The van der Waals surface area contributed by atoms with Crippen LogP contribution in [0.4, 0.5) is 0 Å². The Morgan fingerprint density at radius 1 is 1.40 bits per heavy atom. The van der Waals surface area contributed by atoms with E-state index in [0.29, 0.717) is 5.92 Å². The van der Waals surface area contributed by atoms with Crippen LogP contribution in [-0.2, 0) is 4.79 Å². The van der Waals surface area contributed by atoms with Crippen molar-refractivity contribution >= 4 is 6.29 Å². The van der Waals surface area contributed by atoms with E-state index in [-0.39, 0.29) is 0 Å². The minimum absolute atomic E-state index is 0.553. The van der Waals surface area contributed by atoms with Crippen molar-refractivity contribution in [2.45, 2.75) is 64.7 Å². The van der Waals surface area contributed by atoms with Crippen LogP contribution in [0.1, 0.15) is 64.7 Å². The van der Waals surface area contributed by atoms with E-state index in [1.807, 2.05) is 0 Å². The number of unbranched alkanes of at least 4 members (excludes halogenated alkanes) is 3. The average Bonchev–Trinajstić information content (AvgIpc) is 2.26. The molecule has 1 aliphatic carbocycles. The molecule has 0 spiro atoms. The number of allylic oxidation sites excluding steroid dienone is 2. The summed E-state index contributed by atoms with van der Waals surface area (Å²) in [5, 5.41) is 0. The van der Waals surface area contributed by atoms with Crippen LogP contribution in [0.3, 0.4) is 0 Å². The first-order valence-electron chi connectivity index (χ1n) is 6.50. The van der Waals surface area contributed by atoms with Crippen LogP contribution in [0.15, 0.2) is 11.6 Å². The van der Waals surface area contributed by atoms with Crippen LogP contribution in [-0.4, -0.2) is 6.29 Å². The highest BCUT2D eigenvalue weighted by Crippen LogP contribution is 2.27. The van der Waals surface area contributed by atoms with Gasteiger partial charge in [0.15, 0.2) is 0 Å². The van der Waals surface area contributed by atoms with Gasteiger partial charge in [0.25, 0.3) is 0 Å². The lowest BCUT2D eigenvalue weighted by Crippen LogP contribution is -2.05. The summed E-state index contributed by atoms with van der Waals surface area (Å²) in [5.74, 6) is 0.553. The first-order valence-corrected chi connectivity index (χ1v) is 6.50. The van der Waals surface area contributed by atoms with Crippen molar-refractivity contribution in [1.82, 2.24) is 0 Å². The van der Waals surface area contributed by atoms with Crippen molar-refractivity contribution in [3.05, 3.63) is 11.6 Å². The van der Waals surface area contributed by atoms with Crippen LogP contribution in [0.25, 0.3) is 0 Å². The lowest BCUT2D eigenvalue weighted by atomic mass is 9.87. The third-order valence-electron chi connectivity index (χ3n) is 3.29. The number of carbonyl (C=O) groups is 1. The van der Waals surface area contributed by atoms with Gasteiger partial charge in [-0.2, -0.15) is 0 Å². The molecule has 1 rings (SSSR count). The van der Waals surface area contributed by atoms with Gasteiger partial charge in [0.1, 0.15) is 6.29 Å². The fourth-order valence-corrected chi connectivity index (χ4v) is 2.39. The molecule has 1 heteroatoms. The summed E-state index contributed by atoms with van der Waals surface area (Å²) >= 11 is 0. The fraction of sp³-hybridized carbons (Fsp3) is 0.786. The van der Waals surface area contributed by atoms with Crippen molar-refractivity contribution in [1.29, 1.82) is 0 Å². The summed E-state index contributed by atoms with van der Waals surface area (Å²) < 4.78 is 0. The lowest BCUT2D eigenvalue weighted by Gasteiger charge is -2.19. The molecule has 1 aliphatic rings. The molecule has 86 valence electrons. The molecule has 0 bridgehead atoms. The van der Waals surface area contributed by atoms with Crippen LogP contribution in [0, 0.1) is 5.92 Å². The van der Waals surface area contributed by atoms with E-state index in [2.05, 4.69) is 13.0 Å². The fourth-order valence-electron chi connectivity index (χ4n) is 2.39. The van der Waals surface area contributed by atoms with Gasteiger partial charge in [-0.3, -0.25) is 0 Å². The Labute approximate surface area is 93.9 Å². The summed E-state index contributed by atoms with van der Waals surface area (Å²) in [5.41, 5.74) is 1.62. The van der Waals surface area contributed by atoms with Gasteiger partial charge in [-0.1, -0.05) is 37.8 Å². The zero-order chi connectivity index (χ0) is 10.9. The number of carbonyl (C=O) groups excluding carboxylic acids is 1. The minimum atomic E-state index is 0.553. The summed E-state index contributed by atoms with van der Waals surface area (Å²) in [6.07, 6.45) is 14.6. The quantitative estimate of drug-likeness (QED) is 0.347. The van der Waals surface area contributed by atoms with Gasteiger partial charge in [0, 0.05) is 6.42 Å². The number of hydrogen-bond donors (Lipinski definition) is 0. The molecule has 0 aromatic carbocycles. The zero-order valence-corrected chi connectivity index (χ0v) is 10.0. The first kappa shape index (κ1) is 12.5. The molecule has 0 aromatic rings. The number of rotatable bonds is 7. The van der Waals surface area contributed by atoms with Crippen molar-refractivity contribution in [3.63, 3.8) is 0 Å². The molecule has 15 heavy (non-hydrogen) atoms. The summed E-state index contributed by atoms with van der Waals surface area (Å²) in [6.45, 7) is 2.25. The SMILES string of the molecule is CCCCCCC1=CC(CC=O)CCC1. The third kappa shape index (κ3) is 5.15. The van der Waals surface area contributed by atoms with Crippen LogP contribution in [0.2, 0.25) is 0 Å². The highest BCUT2D eigenvalue weighted by molar-refractivity contribution is 5.50. The van der Waals surface area contributed by atoms with Crippen LogP contribution in [0.5, 0.6) is 0 Å². The van der Waals surface area contributed by atoms with Gasteiger partial charge >= 0.3 is 0 Å². The topological polar surface area (TPSA) is 17.1 Å². The van der Waals surface area contributed by atoms with Crippen molar-refractivity contribution in [2.75, 3.05) is 0 Å². The van der Waals surface area contributed by atoms with E-state index in [0.717, 1.165) is 12.7 Å². The Morgan fingerprint density at radius 2 is 2.27 bits per heavy atom. The standard InChI is InChI=1S/C14H24O/c1-2-3-4-5-7-13-8-6-9-14(12-13)10-11-15/h11-12,14H,2-10H2,1H3. The smallest absolute Gasteiger partial charge is 0.120 e. The molecule has 0 aliphatic heterocycles. The molecule has 0 saturated carbocycles. The highest BCUT2D eigenvalue weighted by atomic mass is 16.1. The molecular weight excluding hydrogens is 184 g/mol. The van der Waals surface area contributed by atoms with E-state index >= 15 is 0 Å². The van der Waals surface area contributed by atoms with Crippen molar-refractivity contribution in [2.24, 2.45) is 5.92 Å². The minimum Gasteiger partial charge on any atom is -0.303 e. The predicted octanol–water partition coefficient (Wildman–Crippen LogP) is 4.27. The second-order valence-electron chi connectivity index (χ2n) is 4.69. The van der Waals surface area contributed by atoms with Gasteiger partial charge in [-0.25, -0.2) is 0 Å². The molecule has 0 saturated heterocycles. The van der Waals surface area contributed by atoms with E-state index in [1.165, 1.54) is 51.4 Å². The normalized spacial score (nSPS) is 21.1. The van der Waals surface area contributed by atoms with Gasteiger partial charge in [0.05, 0.1) is 0 Å². The Bertz CT molecular complexity index is 205. The van der Waals surface area contributed by atoms with Crippen molar-refractivity contribution < 1.29 is 4.79 Å². The van der Waals surface area contributed by atoms with Crippen LogP contribution < -0.4 is 0 Å². The molecule has 0 amide bonds. The summed E-state index contributed by atoms with van der Waals surface area (Å²) in [7, 11) is 0. The maximum atomic E-state index is 10.4. The molecule has 0 aromatic heterocycles. The van der Waals surface area contributed by atoms with E-state index in [9.17, 15) is 4.79 Å². The van der Waals surface area contributed by atoms with Gasteiger partial charge in [-0.15, -0.1) is 0 Å². The molecule has 0 radical (unpaired) electrons. The van der Waals surface area contributed by atoms with Crippen LogP contribution >= 0.6 is 0 Å². The van der Waals surface area contributed by atoms with Crippen molar-refractivity contribution in [3.8, 4) is 0 Å². The largest absolute Gasteiger partial charge is 0.303 e. The number of hydrogen-bond acceptors (Lipinski definition) is 1. The Balaban J connectivity index is 2.23.